The summed E-state index contributed by atoms with van der Waals surface area (Å²) in [5.41, 5.74) is 2.56. The van der Waals surface area contributed by atoms with Gasteiger partial charge in [0.2, 0.25) is 0 Å². The van der Waals surface area contributed by atoms with Crippen LogP contribution in [0.5, 0.6) is 0 Å². The summed E-state index contributed by atoms with van der Waals surface area (Å²) in [4.78, 5) is 0.214. The normalized spacial score (nSPS) is 11.7. The van der Waals surface area contributed by atoms with Gasteiger partial charge in [-0.25, -0.2) is 8.42 Å². The molecule has 1 N–H and O–H groups in total. The first kappa shape index (κ1) is 17.3. The van der Waals surface area contributed by atoms with Crippen LogP contribution in [0.25, 0.3) is 27.7 Å². The largest absolute Gasteiger partial charge is 0.280 e. The van der Waals surface area contributed by atoms with Crippen molar-refractivity contribution >= 4 is 32.1 Å². The molecule has 8 heteroatoms. The molecule has 0 spiro atoms. The number of fused-ring (bicyclic) bond motifs is 2. The van der Waals surface area contributed by atoms with Crippen LogP contribution in [-0.2, 0) is 10.0 Å². The second-order valence-electron chi connectivity index (χ2n) is 6.55. The number of nitrogens with one attached hydrogen (secondary N) is 1. The summed E-state index contributed by atoms with van der Waals surface area (Å²) in [6.07, 6.45) is 1.52. The van der Waals surface area contributed by atoms with Gasteiger partial charge in [-0.3, -0.25) is 4.72 Å². The number of aromatic nitrogens is 4. The lowest BCUT2D eigenvalue weighted by Gasteiger charge is -2.10. The highest BCUT2D eigenvalue weighted by molar-refractivity contribution is 7.92. The van der Waals surface area contributed by atoms with Gasteiger partial charge in [-0.1, -0.05) is 42.5 Å². The predicted molar refractivity (Wildman–Crippen MR) is 111 cm³/mol. The van der Waals surface area contributed by atoms with Crippen LogP contribution in [-0.4, -0.2) is 28.2 Å². The molecule has 0 bridgehead atoms. The summed E-state index contributed by atoms with van der Waals surface area (Å²) in [5, 5.41) is 14.1. The third-order valence-corrected chi connectivity index (χ3v) is 5.98. The maximum atomic E-state index is 12.9. The molecule has 5 aromatic rings. The molecule has 0 fully saturated rings. The van der Waals surface area contributed by atoms with Crippen molar-refractivity contribution in [3.63, 3.8) is 0 Å². The fourth-order valence-corrected chi connectivity index (χ4v) is 4.26. The van der Waals surface area contributed by atoms with Crippen LogP contribution in [0.4, 0.5) is 5.69 Å². The van der Waals surface area contributed by atoms with Crippen LogP contribution in [0.2, 0.25) is 0 Å². The molecular weight excluding hydrogens is 386 g/mol. The van der Waals surface area contributed by atoms with Crippen molar-refractivity contribution in [1.29, 1.82) is 0 Å². The highest BCUT2D eigenvalue weighted by Crippen LogP contribution is 2.24. The van der Waals surface area contributed by atoms with Crippen molar-refractivity contribution in [3.8, 4) is 11.3 Å². The molecule has 0 aliphatic heterocycles. The van der Waals surface area contributed by atoms with E-state index in [-0.39, 0.29) is 4.90 Å². The Balaban J connectivity index is 1.48. The van der Waals surface area contributed by atoms with E-state index in [1.807, 2.05) is 36.4 Å². The van der Waals surface area contributed by atoms with Crippen LogP contribution in [0.3, 0.4) is 0 Å². The first-order chi connectivity index (χ1) is 14.1. The molecule has 3 aromatic carbocycles. The van der Waals surface area contributed by atoms with E-state index in [9.17, 15) is 8.42 Å². The highest BCUT2D eigenvalue weighted by Gasteiger charge is 2.15. The summed E-state index contributed by atoms with van der Waals surface area (Å²) in [6.45, 7) is 0. The molecule has 0 atom stereocenters. The SMILES string of the molecule is O=S(=O)(Nc1cccc(-c2ccc3nncn3n2)c1)c1ccc2ccccc2c1. The van der Waals surface area contributed by atoms with E-state index in [0.29, 0.717) is 17.0 Å². The minimum atomic E-state index is -3.73. The number of nitrogens with zero attached hydrogens (tertiary/aromatic N) is 4. The van der Waals surface area contributed by atoms with E-state index in [1.54, 1.807) is 47.0 Å². The summed E-state index contributed by atoms with van der Waals surface area (Å²) in [7, 11) is -3.73. The average molecular weight is 401 g/mol. The Morgan fingerprint density at radius 3 is 2.59 bits per heavy atom. The van der Waals surface area contributed by atoms with Crippen molar-refractivity contribution in [2.75, 3.05) is 4.72 Å². The number of anilines is 1. The molecule has 0 unspecified atom stereocenters. The Labute approximate surface area is 166 Å². The van der Waals surface area contributed by atoms with Crippen LogP contribution >= 0.6 is 0 Å². The number of benzene rings is 3. The summed E-state index contributed by atoms with van der Waals surface area (Å²) in [6, 6.07) is 23.5. The van der Waals surface area contributed by atoms with Crippen LogP contribution in [0.15, 0.2) is 90.1 Å². The highest BCUT2D eigenvalue weighted by atomic mass is 32.2. The second-order valence-corrected chi connectivity index (χ2v) is 8.23. The first-order valence-electron chi connectivity index (χ1n) is 8.88. The predicted octanol–water partition coefficient (Wildman–Crippen LogP) is 3.75. The smallest absolute Gasteiger partial charge is 0.261 e. The van der Waals surface area contributed by atoms with E-state index in [1.165, 1.54) is 6.33 Å². The zero-order chi connectivity index (χ0) is 19.8. The Bertz CT molecular complexity index is 1460. The minimum absolute atomic E-state index is 0.214. The zero-order valence-corrected chi connectivity index (χ0v) is 15.9. The van der Waals surface area contributed by atoms with Gasteiger partial charge in [0.05, 0.1) is 10.6 Å². The standard InChI is InChI=1S/C21H15N5O2S/c27-29(28,19-9-8-15-4-1-2-5-16(15)13-19)25-18-7-3-6-17(12-18)20-10-11-21-23-22-14-26(21)24-20/h1-14,25H. The molecule has 0 amide bonds. The molecule has 0 saturated heterocycles. The fourth-order valence-electron chi connectivity index (χ4n) is 3.17. The van der Waals surface area contributed by atoms with Crippen LogP contribution in [0, 0.1) is 0 Å². The zero-order valence-electron chi connectivity index (χ0n) is 15.1. The Kier molecular flexibility index (Phi) is 3.99. The molecule has 7 nitrogen and oxygen atoms in total. The molecule has 0 radical (unpaired) electrons. The van der Waals surface area contributed by atoms with Crippen molar-refractivity contribution < 1.29 is 8.42 Å². The summed E-state index contributed by atoms with van der Waals surface area (Å²) < 4.78 is 30.0. The molecule has 2 heterocycles. The van der Waals surface area contributed by atoms with Gasteiger partial charge in [-0.05, 0) is 47.2 Å². The molecule has 2 aromatic heterocycles. The lowest BCUT2D eigenvalue weighted by molar-refractivity contribution is 0.601. The summed E-state index contributed by atoms with van der Waals surface area (Å²) >= 11 is 0. The van der Waals surface area contributed by atoms with E-state index < -0.39 is 10.0 Å². The Hall–Kier alpha value is -3.78. The monoisotopic (exact) mass is 401 g/mol. The molecule has 29 heavy (non-hydrogen) atoms. The van der Waals surface area contributed by atoms with Gasteiger partial charge >= 0.3 is 0 Å². The number of hydrogen-bond donors (Lipinski definition) is 1. The number of hydrogen-bond acceptors (Lipinski definition) is 5. The van der Waals surface area contributed by atoms with E-state index in [2.05, 4.69) is 20.0 Å². The average Bonchev–Trinajstić information content (AvgIpc) is 3.21. The quantitative estimate of drug-likeness (QED) is 0.495. The van der Waals surface area contributed by atoms with Gasteiger partial charge in [0.25, 0.3) is 10.0 Å². The van der Waals surface area contributed by atoms with Crippen molar-refractivity contribution in [2.45, 2.75) is 4.90 Å². The van der Waals surface area contributed by atoms with Crippen molar-refractivity contribution in [2.24, 2.45) is 0 Å². The van der Waals surface area contributed by atoms with Gasteiger partial charge in [0.15, 0.2) is 5.65 Å². The van der Waals surface area contributed by atoms with E-state index in [0.717, 1.165) is 16.3 Å². The van der Waals surface area contributed by atoms with E-state index in [4.69, 9.17) is 0 Å². The molecule has 0 aliphatic rings. The third-order valence-electron chi connectivity index (χ3n) is 4.60. The molecule has 5 rings (SSSR count). The van der Waals surface area contributed by atoms with Gasteiger partial charge in [-0.15, -0.1) is 10.2 Å². The molecular formula is C21H15N5O2S. The number of sulfonamides is 1. The van der Waals surface area contributed by atoms with Gasteiger partial charge in [0.1, 0.15) is 6.33 Å². The van der Waals surface area contributed by atoms with Crippen molar-refractivity contribution in [1.82, 2.24) is 19.8 Å². The van der Waals surface area contributed by atoms with Crippen molar-refractivity contribution in [3.05, 3.63) is 85.2 Å². The van der Waals surface area contributed by atoms with Crippen LogP contribution < -0.4 is 4.72 Å². The van der Waals surface area contributed by atoms with E-state index >= 15 is 0 Å². The Morgan fingerprint density at radius 2 is 1.69 bits per heavy atom. The van der Waals surface area contributed by atoms with Crippen LogP contribution in [0.1, 0.15) is 0 Å². The molecule has 142 valence electrons. The van der Waals surface area contributed by atoms with Gasteiger partial charge in [0, 0.05) is 11.3 Å². The second kappa shape index (κ2) is 6.68. The maximum Gasteiger partial charge on any atom is 0.261 e. The third kappa shape index (κ3) is 3.30. The minimum Gasteiger partial charge on any atom is -0.280 e. The fraction of sp³-hybridized carbons (Fsp3) is 0. The molecule has 0 saturated carbocycles. The van der Waals surface area contributed by atoms with Gasteiger partial charge in [-0.2, -0.15) is 9.61 Å². The first-order valence-corrected chi connectivity index (χ1v) is 10.4. The van der Waals surface area contributed by atoms with Gasteiger partial charge < -0.3 is 0 Å². The lowest BCUT2D eigenvalue weighted by atomic mass is 10.1. The topological polar surface area (TPSA) is 89.2 Å². The number of rotatable bonds is 4. The lowest BCUT2D eigenvalue weighted by Crippen LogP contribution is -2.12. The summed E-state index contributed by atoms with van der Waals surface area (Å²) in [5.74, 6) is 0. The maximum absolute atomic E-state index is 12.9. The molecule has 0 aliphatic carbocycles. The Morgan fingerprint density at radius 1 is 0.828 bits per heavy atom.